The van der Waals surface area contributed by atoms with Gasteiger partial charge in [-0.1, -0.05) is 170 Å². The van der Waals surface area contributed by atoms with Crippen molar-refractivity contribution < 1.29 is 101 Å². The van der Waals surface area contributed by atoms with Gasteiger partial charge in [0, 0.05) is 13.0 Å². The Bertz CT molecular complexity index is 3560. The van der Waals surface area contributed by atoms with Crippen LogP contribution < -0.4 is 4.74 Å². The van der Waals surface area contributed by atoms with Crippen LogP contribution in [0.1, 0.15) is 84.6 Å². The lowest BCUT2D eigenvalue weighted by molar-refractivity contribution is -0.363. The van der Waals surface area contributed by atoms with E-state index in [9.17, 15) is 34.5 Å². The zero-order valence-electron chi connectivity index (χ0n) is 54.5. The van der Waals surface area contributed by atoms with Gasteiger partial charge < -0.3 is 81.6 Å². The van der Waals surface area contributed by atoms with Gasteiger partial charge in [0.1, 0.15) is 72.8 Å². The highest BCUT2D eigenvalue weighted by Gasteiger charge is 2.58. The van der Waals surface area contributed by atoms with Crippen molar-refractivity contribution in [3.63, 3.8) is 0 Å². The third-order valence-electron chi connectivity index (χ3n) is 17.5. The number of hydrogen-bond acceptors (Lipinski definition) is 21. The summed E-state index contributed by atoms with van der Waals surface area (Å²) < 4.78 is 91.4. The second-order valence-electron chi connectivity index (χ2n) is 24.1. The molecule has 518 valence electrons. The number of benzene rings is 7. The number of hydrogen-bond donors (Lipinski definition) is 3. The number of carbonyl (C=O) groups is 4. The van der Waals surface area contributed by atoms with E-state index in [2.05, 4.69) is 0 Å². The Balaban J connectivity index is 0.975. The maximum atomic E-state index is 14.8. The molecule has 15 atom stereocenters. The van der Waals surface area contributed by atoms with Crippen LogP contribution >= 0.6 is 0 Å². The first-order valence-corrected chi connectivity index (χ1v) is 32.9. The van der Waals surface area contributed by atoms with E-state index < -0.39 is 123 Å². The zero-order valence-corrected chi connectivity index (χ0v) is 54.5. The Hall–Kier alpha value is -8.14. The lowest BCUT2D eigenvalue weighted by atomic mass is 9.94. The Morgan fingerprint density at radius 1 is 0.449 bits per heavy atom. The van der Waals surface area contributed by atoms with Gasteiger partial charge in [0.15, 0.2) is 25.0 Å². The Kier molecular flexibility index (Phi) is 25.8. The summed E-state index contributed by atoms with van der Waals surface area (Å²) in [6, 6.07) is 58.1. The van der Waals surface area contributed by atoms with Crippen molar-refractivity contribution in [3.05, 3.63) is 245 Å². The molecule has 22 heteroatoms. The second-order valence-corrected chi connectivity index (χ2v) is 24.1. The number of esters is 2. The monoisotopic (exact) mass is 1350 g/mol. The second kappa shape index (κ2) is 35.6. The Morgan fingerprint density at radius 3 is 1.50 bits per heavy atom. The van der Waals surface area contributed by atoms with Gasteiger partial charge in [-0.3, -0.25) is 19.3 Å². The predicted molar refractivity (Wildman–Crippen MR) is 351 cm³/mol. The SMILES string of the molecule is COC(=O)CCCCCO[C@@H]1O[C@H](CO)[C@@H](O)[C@H](O[C@@H]2O[C@H](CO[C@H]3O[C@H](COCc4ccccc4)[C@H](OCc4ccccc4)[C@H](OCc4ccccc4)[C@H]3OCc3ccccc3)[C@H](O)[C@H](OCc3ccc(OC)cc3)[C@H]2OC(=O)c2ccccc2)[C@H]1N1C(=O)c2ccccc2C1=O. The molecule has 3 fully saturated rings. The minimum absolute atomic E-state index is 0.0182. The average molecular weight is 1350 g/mol. The molecule has 98 heavy (non-hydrogen) atoms. The number of aliphatic hydroxyl groups is 3. The number of ether oxygens (including phenoxy) is 14. The minimum atomic E-state index is -1.89. The van der Waals surface area contributed by atoms with Crippen molar-refractivity contribution in [2.24, 2.45) is 0 Å². The normalized spacial score (nSPS) is 26.1. The van der Waals surface area contributed by atoms with E-state index in [1.807, 2.05) is 121 Å². The van der Waals surface area contributed by atoms with E-state index in [0.717, 1.165) is 27.2 Å². The summed E-state index contributed by atoms with van der Waals surface area (Å²) >= 11 is 0. The Labute approximate surface area is 569 Å². The highest BCUT2D eigenvalue weighted by atomic mass is 16.8. The van der Waals surface area contributed by atoms with Crippen LogP contribution in [0.4, 0.5) is 0 Å². The molecule has 0 aromatic heterocycles. The smallest absolute Gasteiger partial charge is 0.338 e. The third-order valence-corrected chi connectivity index (χ3v) is 17.5. The van der Waals surface area contributed by atoms with Crippen LogP contribution in [0.5, 0.6) is 5.75 Å². The molecule has 4 aliphatic heterocycles. The first kappa shape index (κ1) is 71.2. The van der Waals surface area contributed by atoms with Gasteiger partial charge in [0.25, 0.3) is 11.8 Å². The molecule has 0 bridgehead atoms. The summed E-state index contributed by atoms with van der Waals surface area (Å²) in [6.45, 7) is -1.04. The molecule has 0 radical (unpaired) electrons. The maximum Gasteiger partial charge on any atom is 0.338 e. The van der Waals surface area contributed by atoms with Crippen LogP contribution in [-0.2, 0) is 99.4 Å². The molecule has 3 saturated heterocycles. The number of amides is 2. The molecular weight excluding hydrogens is 1260 g/mol. The van der Waals surface area contributed by atoms with Crippen molar-refractivity contribution in [2.75, 3.05) is 40.6 Å². The molecule has 0 unspecified atom stereocenters. The van der Waals surface area contributed by atoms with E-state index in [1.54, 1.807) is 54.6 Å². The molecule has 7 aromatic carbocycles. The van der Waals surface area contributed by atoms with Crippen LogP contribution in [0.15, 0.2) is 200 Å². The summed E-state index contributed by atoms with van der Waals surface area (Å²) in [5.41, 5.74) is 4.30. The zero-order chi connectivity index (χ0) is 68.2. The molecule has 0 saturated carbocycles. The van der Waals surface area contributed by atoms with Gasteiger partial charge in [0.05, 0.1) is 83.8 Å². The molecule has 2 amide bonds. The van der Waals surface area contributed by atoms with Crippen molar-refractivity contribution in [1.29, 1.82) is 0 Å². The number of nitrogens with zero attached hydrogens (tertiary/aromatic N) is 1. The van der Waals surface area contributed by atoms with Gasteiger partial charge in [0.2, 0.25) is 0 Å². The summed E-state index contributed by atoms with van der Waals surface area (Å²) in [5, 5.41) is 36.6. The van der Waals surface area contributed by atoms with Crippen molar-refractivity contribution in [3.8, 4) is 5.75 Å². The minimum Gasteiger partial charge on any atom is -0.497 e. The number of methoxy groups -OCH3 is 2. The first-order chi connectivity index (χ1) is 48.0. The van der Waals surface area contributed by atoms with Crippen LogP contribution in [0.25, 0.3) is 0 Å². The summed E-state index contributed by atoms with van der Waals surface area (Å²) in [5.74, 6) is -2.25. The van der Waals surface area contributed by atoms with Crippen molar-refractivity contribution in [2.45, 2.75) is 151 Å². The average Bonchev–Trinajstić information content (AvgIpc) is 1.48. The number of aliphatic hydroxyl groups excluding tert-OH is 3. The quantitative estimate of drug-likeness (QED) is 0.0198. The highest BCUT2D eigenvalue weighted by Crippen LogP contribution is 2.39. The van der Waals surface area contributed by atoms with E-state index >= 15 is 0 Å². The molecule has 3 N–H and O–H groups in total. The summed E-state index contributed by atoms with van der Waals surface area (Å²) in [6.07, 6.45) is -18.8. The molecule has 4 aliphatic rings. The van der Waals surface area contributed by atoms with Gasteiger partial charge >= 0.3 is 11.9 Å². The molecule has 0 aliphatic carbocycles. The van der Waals surface area contributed by atoms with Gasteiger partial charge in [-0.05, 0) is 77.1 Å². The molecule has 7 aromatic rings. The topological polar surface area (TPSA) is 261 Å². The maximum absolute atomic E-state index is 14.8. The molecule has 22 nitrogen and oxygen atoms in total. The molecule has 4 heterocycles. The molecule has 0 spiro atoms. The van der Waals surface area contributed by atoms with E-state index in [-0.39, 0.29) is 75.3 Å². The van der Waals surface area contributed by atoms with E-state index in [0.29, 0.717) is 30.6 Å². The first-order valence-electron chi connectivity index (χ1n) is 32.9. The van der Waals surface area contributed by atoms with Crippen molar-refractivity contribution >= 4 is 23.8 Å². The number of carbonyl (C=O) groups excluding carboxylic acids is 4. The van der Waals surface area contributed by atoms with Gasteiger partial charge in [-0.15, -0.1) is 0 Å². The van der Waals surface area contributed by atoms with E-state index in [1.165, 1.54) is 38.5 Å². The Morgan fingerprint density at radius 2 is 0.939 bits per heavy atom. The van der Waals surface area contributed by atoms with Gasteiger partial charge in [-0.25, -0.2) is 4.79 Å². The van der Waals surface area contributed by atoms with Crippen LogP contribution in [0.2, 0.25) is 0 Å². The third kappa shape index (κ3) is 18.2. The number of fused-ring (bicyclic) bond motifs is 1. The predicted octanol–water partition coefficient (Wildman–Crippen LogP) is 8.48. The number of imide groups is 1. The number of unbranched alkanes of at least 4 members (excludes halogenated alkanes) is 2. The van der Waals surface area contributed by atoms with E-state index in [4.69, 9.17) is 66.3 Å². The fourth-order valence-electron chi connectivity index (χ4n) is 12.3. The standard InChI is InChI=1S/C76H83NO21/c1-85-55-38-36-53(37-39-55)46-90-67-64(81)59(48-93-75-69(92-45-52-29-15-6-16-30-52)68(91-44-51-27-13-5-14-28-51)65(89-43-50-25-11-4-12-26-50)60(96-75)47-87-42-49-23-9-3-10-24-49)95-76(70(67)97-73(84)54-31-17-7-18-32-54)98-66-62(77-71(82)56-33-20-21-34-57(56)72(77)83)74(94-58(41-78)63(66)80)88-40-22-8-19-35-61(79)86-2/h3-7,9-18,20-21,23-34,36-39,58-60,62-70,74-76,78,80-81H,8,19,22,35,40-48H2,1-2H3/t58-,59-,60-,62-,63-,64+,65+,66-,67+,68+,69-,70-,74-,75+,76+/m1/s1. The largest absolute Gasteiger partial charge is 0.497 e. The highest BCUT2D eigenvalue weighted by molar-refractivity contribution is 6.21. The fraction of sp³-hybridized carbons (Fsp3) is 0.395. The van der Waals surface area contributed by atoms with Crippen LogP contribution in [-0.4, -0.2) is 177 Å². The lowest BCUT2D eigenvalue weighted by Crippen LogP contribution is -2.69. The summed E-state index contributed by atoms with van der Waals surface area (Å²) in [4.78, 5) is 57.0. The molecular formula is C76H83NO21. The lowest BCUT2D eigenvalue weighted by Gasteiger charge is -2.50. The number of rotatable bonds is 33. The van der Waals surface area contributed by atoms with Crippen LogP contribution in [0, 0.1) is 0 Å². The fourth-order valence-corrected chi connectivity index (χ4v) is 12.3. The molecule has 11 rings (SSSR count). The van der Waals surface area contributed by atoms with Crippen LogP contribution in [0.3, 0.4) is 0 Å². The van der Waals surface area contributed by atoms with Gasteiger partial charge in [-0.2, -0.15) is 0 Å². The van der Waals surface area contributed by atoms with Crippen molar-refractivity contribution in [1.82, 2.24) is 4.90 Å². The summed E-state index contributed by atoms with van der Waals surface area (Å²) in [7, 11) is 2.84.